The molecule has 0 aromatic carbocycles. The van der Waals surface area contributed by atoms with Crippen molar-refractivity contribution < 1.29 is 13.2 Å². The average molecular weight is 352 g/mol. The quantitative estimate of drug-likeness (QED) is 0.765. The van der Waals surface area contributed by atoms with Crippen LogP contribution in [0.1, 0.15) is 18.4 Å². The molecule has 10 heteroatoms. The zero-order valence-electron chi connectivity index (χ0n) is 11.2. The number of imidazole rings is 1. The molecular formula is C12H10Cl2F3N5. The van der Waals surface area contributed by atoms with E-state index >= 15 is 0 Å². The Balaban J connectivity index is 1.97. The fourth-order valence-electron chi connectivity index (χ4n) is 2.23. The van der Waals surface area contributed by atoms with Gasteiger partial charge in [-0.1, -0.05) is 23.2 Å². The number of alkyl halides is 3. The molecule has 1 aliphatic heterocycles. The molecule has 2 aromatic heterocycles. The summed E-state index contributed by atoms with van der Waals surface area (Å²) in [4.78, 5) is 9.96. The van der Waals surface area contributed by atoms with Crippen LogP contribution in [-0.4, -0.2) is 21.0 Å². The van der Waals surface area contributed by atoms with Crippen LogP contribution in [0.5, 0.6) is 0 Å². The van der Waals surface area contributed by atoms with Crippen molar-refractivity contribution in [2.45, 2.75) is 25.6 Å². The molecule has 3 rings (SSSR count). The van der Waals surface area contributed by atoms with E-state index in [1.807, 2.05) is 6.92 Å². The van der Waals surface area contributed by atoms with E-state index in [4.69, 9.17) is 23.2 Å². The van der Waals surface area contributed by atoms with Crippen LogP contribution in [0.2, 0.25) is 10.2 Å². The third kappa shape index (κ3) is 2.68. The number of hydrogen-bond donors (Lipinski definition) is 2. The Morgan fingerprint density at radius 3 is 2.68 bits per heavy atom. The largest absolute Gasteiger partial charge is 0.449 e. The molecule has 1 atom stereocenters. The predicted molar refractivity (Wildman–Crippen MR) is 77.1 cm³/mol. The molecule has 118 valence electrons. The Morgan fingerprint density at radius 1 is 1.27 bits per heavy atom. The molecule has 0 radical (unpaired) electrons. The lowest BCUT2D eigenvalue weighted by Crippen LogP contribution is -2.44. The Hall–Kier alpha value is -1.67. The zero-order valence-corrected chi connectivity index (χ0v) is 12.7. The van der Waals surface area contributed by atoms with Gasteiger partial charge < -0.3 is 4.98 Å². The zero-order chi connectivity index (χ0) is 16.1. The molecule has 0 saturated heterocycles. The second-order valence-corrected chi connectivity index (χ2v) is 5.68. The first-order valence-corrected chi connectivity index (χ1v) is 7.05. The van der Waals surface area contributed by atoms with Crippen LogP contribution >= 0.6 is 23.2 Å². The van der Waals surface area contributed by atoms with Gasteiger partial charge in [0.25, 0.3) is 0 Å². The van der Waals surface area contributed by atoms with Crippen molar-refractivity contribution in [1.82, 2.24) is 15.0 Å². The summed E-state index contributed by atoms with van der Waals surface area (Å²) in [6.07, 6.45) is -4.20. The standard InChI is InChI=1S/C12H10Cl2F3N5/c1-5-4-7-9(20-11(18-7)12(15,16)17)21-22(5)10-6(13)2-3-8(14)19-10/h2-3,5,21H,4H2,1H3,(H,18,20). The van der Waals surface area contributed by atoms with Crippen molar-refractivity contribution in [3.8, 4) is 0 Å². The van der Waals surface area contributed by atoms with Crippen molar-refractivity contribution in [3.05, 3.63) is 33.8 Å². The predicted octanol–water partition coefficient (Wildman–Crippen LogP) is 3.91. The van der Waals surface area contributed by atoms with Gasteiger partial charge in [0.1, 0.15) is 5.15 Å². The van der Waals surface area contributed by atoms with E-state index in [9.17, 15) is 13.2 Å². The lowest BCUT2D eigenvalue weighted by molar-refractivity contribution is -0.144. The number of nitrogens with zero attached hydrogens (tertiary/aromatic N) is 3. The van der Waals surface area contributed by atoms with Crippen LogP contribution in [0.25, 0.3) is 0 Å². The third-order valence-corrected chi connectivity index (χ3v) is 3.74. The first-order valence-electron chi connectivity index (χ1n) is 6.29. The number of H-pyrrole nitrogens is 1. The number of anilines is 2. The van der Waals surface area contributed by atoms with Gasteiger partial charge in [-0.15, -0.1) is 0 Å². The topological polar surface area (TPSA) is 56.8 Å². The minimum atomic E-state index is -4.53. The van der Waals surface area contributed by atoms with Gasteiger partial charge in [-0.3, -0.25) is 10.4 Å². The second-order valence-electron chi connectivity index (χ2n) is 4.88. The molecule has 0 aliphatic carbocycles. The highest BCUT2D eigenvalue weighted by molar-refractivity contribution is 6.34. The number of aromatic amines is 1. The number of pyridine rings is 1. The van der Waals surface area contributed by atoms with Crippen molar-refractivity contribution in [2.75, 3.05) is 10.4 Å². The van der Waals surface area contributed by atoms with E-state index in [0.717, 1.165) is 0 Å². The Bertz CT molecular complexity index is 715. The van der Waals surface area contributed by atoms with Crippen LogP contribution in [0.3, 0.4) is 0 Å². The van der Waals surface area contributed by atoms with Crippen LogP contribution in [0.15, 0.2) is 12.1 Å². The van der Waals surface area contributed by atoms with Crippen LogP contribution in [-0.2, 0) is 12.6 Å². The van der Waals surface area contributed by atoms with Crippen LogP contribution in [0, 0.1) is 0 Å². The third-order valence-electron chi connectivity index (χ3n) is 3.24. The highest BCUT2D eigenvalue weighted by atomic mass is 35.5. The van der Waals surface area contributed by atoms with E-state index in [1.165, 1.54) is 6.07 Å². The van der Waals surface area contributed by atoms with Crippen LogP contribution < -0.4 is 10.4 Å². The number of halogens is 5. The molecule has 1 unspecified atom stereocenters. The first kappa shape index (κ1) is 15.2. The van der Waals surface area contributed by atoms with Gasteiger partial charge >= 0.3 is 6.18 Å². The Kier molecular flexibility index (Phi) is 3.60. The van der Waals surface area contributed by atoms with Gasteiger partial charge in [-0.2, -0.15) is 13.2 Å². The van der Waals surface area contributed by atoms with Gasteiger partial charge in [0.15, 0.2) is 11.6 Å². The summed E-state index contributed by atoms with van der Waals surface area (Å²) < 4.78 is 38.2. The van der Waals surface area contributed by atoms with Gasteiger partial charge in [0.05, 0.1) is 16.8 Å². The minimum Gasteiger partial charge on any atom is -0.336 e. The highest BCUT2D eigenvalue weighted by Crippen LogP contribution is 2.34. The number of nitrogens with one attached hydrogen (secondary N) is 2. The number of fused-ring (bicyclic) bond motifs is 1. The SMILES string of the molecule is CC1Cc2[nH]c(C(F)(F)F)nc2NN1c1nc(Cl)ccc1Cl. The number of rotatable bonds is 1. The van der Waals surface area contributed by atoms with Gasteiger partial charge in [0, 0.05) is 6.42 Å². The normalized spacial score (nSPS) is 18.1. The smallest absolute Gasteiger partial charge is 0.336 e. The van der Waals surface area contributed by atoms with Crippen molar-refractivity contribution in [2.24, 2.45) is 0 Å². The van der Waals surface area contributed by atoms with Crippen molar-refractivity contribution in [1.29, 1.82) is 0 Å². The highest BCUT2D eigenvalue weighted by Gasteiger charge is 2.38. The minimum absolute atomic E-state index is 0.100. The summed E-state index contributed by atoms with van der Waals surface area (Å²) in [5.74, 6) is -0.601. The average Bonchev–Trinajstić information content (AvgIpc) is 2.83. The Morgan fingerprint density at radius 2 is 2.00 bits per heavy atom. The van der Waals surface area contributed by atoms with Crippen LogP contribution in [0.4, 0.5) is 24.8 Å². The summed E-state index contributed by atoms with van der Waals surface area (Å²) in [5, 5.41) is 2.12. The van der Waals surface area contributed by atoms with Gasteiger partial charge in [-0.05, 0) is 19.1 Å². The first-order chi connectivity index (χ1) is 10.3. The molecular weight excluding hydrogens is 342 g/mol. The van der Waals surface area contributed by atoms with E-state index in [-0.39, 0.29) is 17.0 Å². The lowest BCUT2D eigenvalue weighted by atomic mass is 10.1. The van der Waals surface area contributed by atoms with E-state index in [1.54, 1.807) is 11.1 Å². The van der Waals surface area contributed by atoms with Gasteiger partial charge in [-0.25, -0.2) is 9.97 Å². The molecule has 0 bridgehead atoms. The molecule has 0 saturated carbocycles. The summed E-state index contributed by atoms with van der Waals surface area (Å²) in [6, 6.07) is 2.91. The van der Waals surface area contributed by atoms with Crippen molar-refractivity contribution >= 4 is 34.8 Å². The summed E-state index contributed by atoms with van der Waals surface area (Å²) in [5.41, 5.74) is 3.19. The van der Waals surface area contributed by atoms with Gasteiger partial charge in [0.2, 0.25) is 5.82 Å². The molecule has 0 spiro atoms. The van der Waals surface area contributed by atoms with Crippen molar-refractivity contribution in [3.63, 3.8) is 0 Å². The molecule has 2 aromatic rings. The second kappa shape index (κ2) is 5.20. The summed E-state index contributed by atoms with van der Waals surface area (Å²) in [7, 11) is 0. The molecule has 0 fully saturated rings. The fourth-order valence-corrected chi connectivity index (χ4v) is 2.57. The molecule has 22 heavy (non-hydrogen) atoms. The van der Waals surface area contributed by atoms with E-state index in [2.05, 4.69) is 20.4 Å². The maximum Gasteiger partial charge on any atom is 0.449 e. The Labute approximate surface area is 133 Å². The van der Waals surface area contributed by atoms with E-state index in [0.29, 0.717) is 23.0 Å². The molecule has 3 heterocycles. The number of aromatic nitrogens is 3. The monoisotopic (exact) mass is 351 g/mol. The molecule has 1 aliphatic rings. The molecule has 2 N–H and O–H groups in total. The maximum absolute atomic E-state index is 12.7. The number of hydrazine groups is 1. The fraction of sp³-hybridized carbons (Fsp3) is 0.333. The maximum atomic E-state index is 12.7. The van der Waals surface area contributed by atoms with E-state index < -0.39 is 12.0 Å². The summed E-state index contributed by atoms with van der Waals surface area (Å²) in [6.45, 7) is 1.82. The lowest BCUT2D eigenvalue weighted by Gasteiger charge is -2.34. The number of hydrogen-bond acceptors (Lipinski definition) is 4. The summed E-state index contributed by atoms with van der Waals surface area (Å²) >= 11 is 11.9. The molecule has 5 nitrogen and oxygen atoms in total. The molecule has 0 amide bonds.